The van der Waals surface area contributed by atoms with Crippen LogP contribution < -0.4 is 5.32 Å². The molecule has 26 heavy (non-hydrogen) atoms. The second-order valence-electron chi connectivity index (χ2n) is 5.20. The van der Waals surface area contributed by atoms with Crippen LogP contribution in [0.25, 0.3) is 0 Å². The first-order valence-electron chi connectivity index (χ1n) is 7.94. The number of aromatic nitrogens is 3. The van der Waals surface area contributed by atoms with Crippen molar-refractivity contribution in [3.05, 3.63) is 35.7 Å². The lowest BCUT2D eigenvalue weighted by Crippen LogP contribution is -2.15. The molecule has 1 N–H and O–H groups in total. The molecule has 0 aliphatic heterocycles. The average Bonchev–Trinajstić information content (AvgIpc) is 2.99. The summed E-state index contributed by atoms with van der Waals surface area (Å²) in [5.74, 6) is 2.20. The fraction of sp³-hybridized carbons (Fsp3) is 0.438. The van der Waals surface area contributed by atoms with Crippen molar-refractivity contribution in [2.24, 2.45) is 0 Å². The van der Waals surface area contributed by atoms with Crippen LogP contribution in [0.5, 0.6) is 0 Å². The van der Waals surface area contributed by atoms with Gasteiger partial charge in [-0.05, 0) is 30.9 Å². The van der Waals surface area contributed by atoms with Crippen molar-refractivity contribution >= 4 is 35.1 Å². The molecular weight excluding hydrogens is 385 g/mol. The summed E-state index contributed by atoms with van der Waals surface area (Å²) >= 11 is 2.94. The summed E-state index contributed by atoms with van der Waals surface area (Å²) in [5.41, 5.74) is -0.686. The van der Waals surface area contributed by atoms with Gasteiger partial charge in [0.25, 0.3) is 0 Å². The van der Waals surface area contributed by atoms with Crippen LogP contribution in [0.2, 0.25) is 0 Å². The highest BCUT2D eigenvalue weighted by atomic mass is 32.2. The summed E-state index contributed by atoms with van der Waals surface area (Å²) in [7, 11) is 0. The maximum atomic E-state index is 12.7. The van der Waals surface area contributed by atoms with Crippen LogP contribution in [0, 0.1) is 0 Å². The quantitative estimate of drug-likeness (QED) is 0.665. The van der Waals surface area contributed by atoms with E-state index in [-0.39, 0.29) is 11.4 Å². The number of alkyl halides is 3. The monoisotopic (exact) mass is 404 g/mol. The fourth-order valence-corrected chi connectivity index (χ4v) is 3.57. The zero-order valence-electron chi connectivity index (χ0n) is 14.3. The molecule has 0 bridgehead atoms. The summed E-state index contributed by atoms with van der Waals surface area (Å²) < 4.78 is 40.1. The van der Waals surface area contributed by atoms with Crippen molar-refractivity contribution in [3.8, 4) is 0 Å². The van der Waals surface area contributed by atoms with Gasteiger partial charge >= 0.3 is 6.18 Å². The first-order valence-corrected chi connectivity index (χ1v) is 10.1. The molecule has 2 rings (SSSR count). The molecule has 1 amide bonds. The van der Waals surface area contributed by atoms with Crippen LogP contribution in [0.15, 0.2) is 29.4 Å². The van der Waals surface area contributed by atoms with E-state index in [0.717, 1.165) is 29.5 Å². The molecule has 0 radical (unpaired) electrons. The van der Waals surface area contributed by atoms with Gasteiger partial charge in [-0.2, -0.15) is 24.9 Å². The van der Waals surface area contributed by atoms with Crippen molar-refractivity contribution in [2.45, 2.75) is 37.5 Å². The second-order valence-corrected chi connectivity index (χ2v) is 7.41. The van der Waals surface area contributed by atoms with Gasteiger partial charge in [0, 0.05) is 12.2 Å². The average molecular weight is 404 g/mol. The SMILES string of the molecule is CCSCc1nnc(SCC(=O)Nc2cccc(C(F)(F)F)c2)n1CC. The van der Waals surface area contributed by atoms with Gasteiger partial charge in [-0.3, -0.25) is 4.79 Å². The Hall–Kier alpha value is -1.68. The number of hydrogen-bond acceptors (Lipinski definition) is 5. The number of rotatable bonds is 8. The van der Waals surface area contributed by atoms with E-state index < -0.39 is 17.6 Å². The lowest BCUT2D eigenvalue weighted by atomic mass is 10.2. The molecule has 0 aliphatic carbocycles. The molecule has 0 spiro atoms. The number of carbonyl (C=O) groups is 1. The van der Waals surface area contributed by atoms with Gasteiger partial charge in [-0.1, -0.05) is 24.8 Å². The smallest absolute Gasteiger partial charge is 0.325 e. The molecule has 10 heteroatoms. The first kappa shape index (κ1) is 20.6. The van der Waals surface area contributed by atoms with Crippen molar-refractivity contribution in [2.75, 3.05) is 16.8 Å². The Morgan fingerprint density at radius 3 is 2.69 bits per heavy atom. The molecule has 2 aromatic rings. The number of anilines is 1. The van der Waals surface area contributed by atoms with Gasteiger partial charge in [-0.25, -0.2) is 0 Å². The number of hydrogen-bond donors (Lipinski definition) is 1. The third-order valence-corrected chi connectivity index (χ3v) is 5.19. The summed E-state index contributed by atoms with van der Waals surface area (Å²) in [5, 5.41) is 11.3. The molecule has 1 aromatic carbocycles. The Morgan fingerprint density at radius 2 is 2.04 bits per heavy atom. The molecule has 1 aromatic heterocycles. The molecule has 0 saturated heterocycles. The lowest BCUT2D eigenvalue weighted by Gasteiger charge is -2.10. The molecule has 1 heterocycles. The van der Waals surface area contributed by atoms with Crippen LogP contribution in [-0.4, -0.2) is 32.2 Å². The van der Waals surface area contributed by atoms with Gasteiger partial charge in [0.1, 0.15) is 5.82 Å². The molecule has 0 atom stereocenters. The number of carbonyl (C=O) groups excluding carboxylic acids is 1. The molecule has 5 nitrogen and oxygen atoms in total. The Morgan fingerprint density at radius 1 is 1.27 bits per heavy atom. The zero-order valence-corrected chi connectivity index (χ0v) is 16.0. The Bertz CT molecular complexity index is 749. The van der Waals surface area contributed by atoms with E-state index in [1.807, 2.05) is 11.5 Å². The Balaban J connectivity index is 1.96. The molecule has 0 fully saturated rings. The minimum Gasteiger partial charge on any atom is -0.325 e. The van der Waals surface area contributed by atoms with Gasteiger partial charge in [-0.15, -0.1) is 10.2 Å². The molecule has 0 unspecified atom stereocenters. The maximum absolute atomic E-state index is 12.7. The van der Waals surface area contributed by atoms with Gasteiger partial charge < -0.3 is 9.88 Å². The summed E-state index contributed by atoms with van der Waals surface area (Å²) in [6, 6.07) is 4.56. The number of benzene rings is 1. The van der Waals surface area contributed by atoms with E-state index in [4.69, 9.17) is 0 Å². The van der Waals surface area contributed by atoms with Crippen LogP contribution in [0.3, 0.4) is 0 Å². The van der Waals surface area contributed by atoms with Gasteiger partial charge in [0.15, 0.2) is 5.16 Å². The van der Waals surface area contributed by atoms with Crippen LogP contribution in [-0.2, 0) is 23.3 Å². The third kappa shape index (κ3) is 5.66. The molecular formula is C16H19F3N4OS2. The normalized spacial score (nSPS) is 11.6. The highest BCUT2D eigenvalue weighted by molar-refractivity contribution is 7.99. The molecule has 0 saturated carbocycles. The number of halogens is 3. The van der Waals surface area contributed by atoms with Crippen molar-refractivity contribution in [1.82, 2.24) is 14.8 Å². The first-order chi connectivity index (χ1) is 12.3. The predicted octanol–water partition coefficient (Wildman–Crippen LogP) is 4.30. The third-order valence-electron chi connectivity index (χ3n) is 3.35. The van der Waals surface area contributed by atoms with Crippen LogP contribution in [0.4, 0.5) is 18.9 Å². The fourth-order valence-electron chi connectivity index (χ4n) is 2.14. The number of nitrogens with one attached hydrogen (secondary N) is 1. The van der Waals surface area contributed by atoms with E-state index >= 15 is 0 Å². The van der Waals surface area contributed by atoms with Crippen LogP contribution in [0.1, 0.15) is 25.2 Å². The highest BCUT2D eigenvalue weighted by Gasteiger charge is 2.30. The molecule has 142 valence electrons. The Kier molecular flexibility index (Phi) is 7.39. The van der Waals surface area contributed by atoms with E-state index in [1.54, 1.807) is 11.8 Å². The van der Waals surface area contributed by atoms with E-state index in [9.17, 15) is 18.0 Å². The topological polar surface area (TPSA) is 59.8 Å². The molecule has 0 aliphatic rings. The summed E-state index contributed by atoms with van der Waals surface area (Å²) in [4.78, 5) is 12.1. The van der Waals surface area contributed by atoms with E-state index in [0.29, 0.717) is 11.7 Å². The largest absolute Gasteiger partial charge is 0.416 e. The number of nitrogens with zero attached hydrogens (tertiary/aromatic N) is 3. The lowest BCUT2D eigenvalue weighted by molar-refractivity contribution is -0.137. The van der Waals surface area contributed by atoms with Gasteiger partial charge in [0.05, 0.1) is 17.1 Å². The van der Waals surface area contributed by atoms with Crippen molar-refractivity contribution in [1.29, 1.82) is 0 Å². The van der Waals surface area contributed by atoms with Crippen molar-refractivity contribution < 1.29 is 18.0 Å². The minimum absolute atomic E-state index is 0.0370. The van der Waals surface area contributed by atoms with Gasteiger partial charge in [0.2, 0.25) is 5.91 Å². The number of amides is 1. The zero-order chi connectivity index (χ0) is 19.2. The highest BCUT2D eigenvalue weighted by Crippen LogP contribution is 2.30. The van der Waals surface area contributed by atoms with E-state index in [2.05, 4.69) is 22.4 Å². The second kappa shape index (κ2) is 9.31. The predicted molar refractivity (Wildman–Crippen MR) is 98.3 cm³/mol. The van der Waals surface area contributed by atoms with E-state index in [1.165, 1.54) is 23.9 Å². The van der Waals surface area contributed by atoms with Crippen LogP contribution >= 0.6 is 23.5 Å². The summed E-state index contributed by atoms with van der Waals surface area (Å²) in [6.07, 6.45) is -4.44. The Labute approximate surface area is 158 Å². The maximum Gasteiger partial charge on any atom is 0.416 e. The van der Waals surface area contributed by atoms with Crippen molar-refractivity contribution in [3.63, 3.8) is 0 Å². The standard InChI is InChI=1S/C16H19F3N4OS2/c1-3-23-13(9-25-4-2)21-22-15(23)26-10-14(24)20-12-7-5-6-11(8-12)16(17,18)19/h5-8H,3-4,9-10H2,1-2H3,(H,20,24). The number of thioether (sulfide) groups is 2. The minimum atomic E-state index is -4.44. The summed E-state index contributed by atoms with van der Waals surface area (Å²) in [6.45, 7) is 4.71.